The zero-order chi connectivity index (χ0) is 21.8. The number of ether oxygens (including phenoxy) is 1. The Labute approximate surface area is 183 Å². The Morgan fingerprint density at radius 2 is 1.71 bits per heavy atom. The molecule has 1 fully saturated rings. The quantitative estimate of drug-likeness (QED) is 0.603. The molecule has 1 saturated heterocycles. The molecule has 3 aromatic carbocycles. The highest BCUT2D eigenvalue weighted by Crippen LogP contribution is 2.30. The lowest BCUT2D eigenvalue weighted by molar-refractivity contribution is -0.123. The molecule has 1 unspecified atom stereocenters. The van der Waals surface area contributed by atoms with Crippen LogP contribution >= 0.6 is 0 Å². The van der Waals surface area contributed by atoms with Gasteiger partial charge in [-0.15, -0.1) is 0 Å². The van der Waals surface area contributed by atoms with Crippen LogP contribution in [0.5, 0.6) is 5.75 Å². The third kappa shape index (κ3) is 4.13. The number of rotatable bonds is 5. The number of methoxy groups -OCH3 is 1. The van der Waals surface area contributed by atoms with Gasteiger partial charge < -0.3 is 14.5 Å². The van der Waals surface area contributed by atoms with Crippen molar-refractivity contribution >= 4 is 28.3 Å². The number of para-hydroxylation sites is 1. The molecule has 1 aliphatic rings. The lowest BCUT2D eigenvalue weighted by atomic mass is 9.94. The Kier molecular flexibility index (Phi) is 6.21. The predicted molar refractivity (Wildman–Crippen MR) is 124 cm³/mol. The van der Waals surface area contributed by atoms with Gasteiger partial charge in [0, 0.05) is 36.3 Å². The number of nitrogens with zero attached hydrogens (tertiary/aromatic N) is 2. The largest absolute Gasteiger partial charge is 0.496 e. The molecule has 0 N–H and O–H groups in total. The van der Waals surface area contributed by atoms with Gasteiger partial charge in [0.1, 0.15) is 5.75 Å². The van der Waals surface area contributed by atoms with Crippen LogP contribution in [-0.4, -0.2) is 43.5 Å². The second-order valence-corrected chi connectivity index (χ2v) is 7.87. The molecule has 0 aliphatic carbocycles. The van der Waals surface area contributed by atoms with Gasteiger partial charge in [0.05, 0.1) is 13.0 Å². The van der Waals surface area contributed by atoms with E-state index in [1.807, 2.05) is 83.5 Å². The fourth-order valence-corrected chi connectivity index (χ4v) is 4.46. The Balaban J connectivity index is 1.57. The predicted octanol–water partition coefficient (Wildman–Crippen LogP) is 4.75. The minimum atomic E-state index is -0.192. The van der Waals surface area contributed by atoms with Crippen molar-refractivity contribution in [2.75, 3.05) is 31.6 Å². The zero-order valence-corrected chi connectivity index (χ0v) is 18.1. The smallest absolute Gasteiger partial charge is 0.254 e. The van der Waals surface area contributed by atoms with Gasteiger partial charge in [0.25, 0.3) is 5.91 Å². The number of carbonyl (C=O) groups excluding carboxylic acids is 2. The second-order valence-electron chi connectivity index (χ2n) is 7.87. The number of amides is 2. The standard InChI is InChI=1S/C26H28N2O3/c1-3-28(20-11-5-4-6-12-20)25(29)19-10-9-17-27(18-19)26(30)23-15-16-24(31-2)22-14-8-7-13-21(22)23/h4-8,11-16,19H,3,9-10,17-18H2,1-2H3. The van der Waals surface area contributed by atoms with Crippen molar-refractivity contribution in [1.82, 2.24) is 4.90 Å². The monoisotopic (exact) mass is 416 g/mol. The van der Waals surface area contributed by atoms with Crippen LogP contribution in [0.15, 0.2) is 66.7 Å². The van der Waals surface area contributed by atoms with E-state index in [1.54, 1.807) is 7.11 Å². The molecule has 0 saturated carbocycles. The molecule has 5 nitrogen and oxygen atoms in total. The van der Waals surface area contributed by atoms with Gasteiger partial charge in [-0.05, 0) is 49.4 Å². The van der Waals surface area contributed by atoms with Gasteiger partial charge in [0.15, 0.2) is 0 Å². The van der Waals surface area contributed by atoms with Crippen molar-refractivity contribution in [3.63, 3.8) is 0 Å². The summed E-state index contributed by atoms with van der Waals surface area (Å²) < 4.78 is 5.46. The fraction of sp³-hybridized carbons (Fsp3) is 0.308. The number of carbonyl (C=O) groups is 2. The van der Waals surface area contributed by atoms with E-state index in [0.717, 1.165) is 35.1 Å². The van der Waals surface area contributed by atoms with Gasteiger partial charge in [-0.25, -0.2) is 0 Å². The van der Waals surface area contributed by atoms with Crippen LogP contribution in [-0.2, 0) is 4.79 Å². The molecule has 1 heterocycles. The first-order chi connectivity index (χ1) is 15.1. The highest BCUT2D eigenvalue weighted by Gasteiger charge is 2.32. The van der Waals surface area contributed by atoms with Crippen molar-refractivity contribution < 1.29 is 14.3 Å². The summed E-state index contributed by atoms with van der Waals surface area (Å²) in [6, 6.07) is 21.2. The average molecular weight is 417 g/mol. The lowest BCUT2D eigenvalue weighted by Crippen LogP contribution is -2.47. The van der Waals surface area contributed by atoms with Crippen LogP contribution in [0.1, 0.15) is 30.1 Å². The lowest BCUT2D eigenvalue weighted by Gasteiger charge is -2.35. The third-order valence-electron chi connectivity index (χ3n) is 6.04. The molecule has 1 aliphatic heterocycles. The maximum absolute atomic E-state index is 13.5. The van der Waals surface area contributed by atoms with Crippen molar-refractivity contribution in [2.45, 2.75) is 19.8 Å². The summed E-state index contributed by atoms with van der Waals surface area (Å²) in [5.41, 5.74) is 1.56. The van der Waals surface area contributed by atoms with E-state index < -0.39 is 0 Å². The van der Waals surface area contributed by atoms with Gasteiger partial charge in [-0.1, -0.05) is 42.5 Å². The maximum Gasteiger partial charge on any atom is 0.254 e. The van der Waals surface area contributed by atoms with Gasteiger partial charge in [-0.2, -0.15) is 0 Å². The average Bonchev–Trinajstić information content (AvgIpc) is 2.84. The summed E-state index contributed by atoms with van der Waals surface area (Å²) in [5.74, 6) is 0.618. The summed E-state index contributed by atoms with van der Waals surface area (Å²) in [5, 5.41) is 1.79. The number of piperidine rings is 1. The van der Waals surface area contributed by atoms with E-state index >= 15 is 0 Å². The molecular weight excluding hydrogens is 388 g/mol. The number of benzene rings is 3. The molecule has 0 bridgehead atoms. The maximum atomic E-state index is 13.5. The first-order valence-corrected chi connectivity index (χ1v) is 10.9. The zero-order valence-electron chi connectivity index (χ0n) is 18.1. The third-order valence-corrected chi connectivity index (χ3v) is 6.04. The van der Waals surface area contributed by atoms with Crippen LogP contribution in [0, 0.1) is 5.92 Å². The normalized spacial score (nSPS) is 16.2. The number of likely N-dealkylation sites (tertiary alicyclic amines) is 1. The summed E-state index contributed by atoms with van der Waals surface area (Å²) in [4.78, 5) is 30.4. The van der Waals surface area contributed by atoms with E-state index in [9.17, 15) is 9.59 Å². The molecule has 160 valence electrons. The topological polar surface area (TPSA) is 49.9 Å². The first-order valence-electron chi connectivity index (χ1n) is 10.9. The minimum Gasteiger partial charge on any atom is -0.496 e. The Hall–Kier alpha value is -3.34. The minimum absolute atomic E-state index is 0.0286. The number of fused-ring (bicyclic) bond motifs is 1. The molecule has 4 rings (SSSR count). The van der Waals surface area contributed by atoms with Crippen molar-refractivity contribution in [3.8, 4) is 5.75 Å². The van der Waals surface area contributed by atoms with Gasteiger partial charge in [-0.3, -0.25) is 9.59 Å². The van der Waals surface area contributed by atoms with E-state index in [-0.39, 0.29) is 17.7 Å². The summed E-state index contributed by atoms with van der Waals surface area (Å²) in [6.07, 6.45) is 1.62. The van der Waals surface area contributed by atoms with Crippen molar-refractivity contribution in [2.24, 2.45) is 5.92 Å². The highest BCUT2D eigenvalue weighted by atomic mass is 16.5. The van der Waals surface area contributed by atoms with Crippen LogP contribution in [0.25, 0.3) is 10.8 Å². The molecule has 1 atom stereocenters. The summed E-state index contributed by atoms with van der Waals surface area (Å²) in [7, 11) is 1.64. The number of hydrogen-bond donors (Lipinski definition) is 0. The summed E-state index contributed by atoms with van der Waals surface area (Å²) >= 11 is 0. The van der Waals surface area contributed by atoms with Gasteiger partial charge >= 0.3 is 0 Å². The van der Waals surface area contributed by atoms with E-state index in [0.29, 0.717) is 25.2 Å². The number of hydrogen-bond acceptors (Lipinski definition) is 3. The van der Waals surface area contributed by atoms with Gasteiger partial charge in [0.2, 0.25) is 5.91 Å². The molecule has 0 radical (unpaired) electrons. The molecule has 0 spiro atoms. The first kappa shape index (κ1) is 20.9. The van der Waals surface area contributed by atoms with E-state index in [2.05, 4.69) is 0 Å². The Bertz CT molecular complexity index is 1080. The second kappa shape index (κ2) is 9.21. The molecule has 3 aromatic rings. The SMILES string of the molecule is CCN(C(=O)C1CCCN(C(=O)c2ccc(OC)c3ccccc23)C1)c1ccccc1. The fourth-order valence-electron chi connectivity index (χ4n) is 4.46. The highest BCUT2D eigenvalue weighted by molar-refractivity contribution is 6.09. The molecular formula is C26H28N2O3. The van der Waals surface area contributed by atoms with Crippen molar-refractivity contribution in [1.29, 1.82) is 0 Å². The van der Waals surface area contributed by atoms with E-state index in [1.165, 1.54) is 0 Å². The van der Waals surface area contributed by atoms with Crippen LogP contribution in [0.3, 0.4) is 0 Å². The van der Waals surface area contributed by atoms with E-state index in [4.69, 9.17) is 4.74 Å². The van der Waals surface area contributed by atoms with Crippen LogP contribution in [0.4, 0.5) is 5.69 Å². The Morgan fingerprint density at radius 3 is 2.42 bits per heavy atom. The number of anilines is 1. The summed E-state index contributed by atoms with van der Waals surface area (Å²) in [6.45, 7) is 3.71. The Morgan fingerprint density at radius 1 is 1.00 bits per heavy atom. The van der Waals surface area contributed by atoms with Crippen molar-refractivity contribution in [3.05, 3.63) is 72.3 Å². The molecule has 31 heavy (non-hydrogen) atoms. The molecule has 5 heteroatoms. The molecule has 2 amide bonds. The van der Waals surface area contributed by atoms with Crippen LogP contribution < -0.4 is 9.64 Å². The van der Waals surface area contributed by atoms with Crippen LogP contribution in [0.2, 0.25) is 0 Å². The molecule has 0 aromatic heterocycles.